The molecule has 2 nitrogen and oxygen atoms in total. The van der Waals surface area contributed by atoms with Gasteiger partial charge in [-0.1, -0.05) is 12.1 Å². The number of hydrogen-bond acceptors (Lipinski definition) is 2. The summed E-state index contributed by atoms with van der Waals surface area (Å²) >= 11 is 0. The molecule has 0 bridgehead atoms. The molecule has 108 valence electrons. The third-order valence-corrected chi connectivity index (χ3v) is 2.07. The predicted octanol–water partition coefficient (Wildman–Crippen LogP) is 4.34. The second kappa shape index (κ2) is 6.03. The largest absolute Gasteiger partial charge is 0.573 e. The molecule has 1 rings (SSSR count). The van der Waals surface area contributed by atoms with Gasteiger partial charge >= 0.3 is 12.5 Å². The molecule has 0 unspecified atom stereocenters. The second-order valence-corrected chi connectivity index (χ2v) is 3.69. The van der Waals surface area contributed by atoms with E-state index in [-0.39, 0.29) is 18.7 Å². The summed E-state index contributed by atoms with van der Waals surface area (Å²) in [6.07, 6.45) is -10.3. The van der Waals surface area contributed by atoms with E-state index in [0.717, 1.165) is 6.07 Å². The predicted molar refractivity (Wildman–Crippen MR) is 56.9 cm³/mol. The normalized spacial score (nSPS) is 12.3. The Kier molecular flexibility index (Phi) is 4.90. The fourth-order valence-electron chi connectivity index (χ4n) is 1.34. The van der Waals surface area contributed by atoms with E-state index in [9.17, 15) is 26.3 Å². The number of hydrogen-bond donors (Lipinski definition) is 1. The summed E-state index contributed by atoms with van der Waals surface area (Å²) in [4.78, 5) is 0. The molecule has 0 spiro atoms. The maximum absolute atomic E-state index is 12.1. The monoisotopic (exact) mass is 287 g/mol. The van der Waals surface area contributed by atoms with Crippen molar-refractivity contribution in [2.45, 2.75) is 25.4 Å². The van der Waals surface area contributed by atoms with Gasteiger partial charge in [0.05, 0.1) is 5.69 Å². The van der Waals surface area contributed by atoms with Gasteiger partial charge in [-0.15, -0.1) is 13.2 Å². The molecular weight excluding hydrogens is 276 g/mol. The highest BCUT2D eigenvalue weighted by Gasteiger charge is 2.32. The van der Waals surface area contributed by atoms with E-state index in [1.807, 2.05) is 0 Å². The SMILES string of the molecule is FC(F)(F)CCCNc1ccccc1OC(F)(F)F. The molecule has 0 aromatic heterocycles. The molecule has 1 aromatic carbocycles. The Hall–Kier alpha value is -1.60. The van der Waals surface area contributed by atoms with Crippen LogP contribution >= 0.6 is 0 Å². The van der Waals surface area contributed by atoms with Crippen molar-refractivity contribution >= 4 is 5.69 Å². The third kappa shape index (κ3) is 6.78. The molecule has 8 heteroatoms. The summed E-state index contributed by atoms with van der Waals surface area (Å²) in [5, 5.41) is 2.48. The number of alkyl halides is 6. The zero-order chi connectivity index (χ0) is 14.5. The van der Waals surface area contributed by atoms with Crippen molar-refractivity contribution in [3.05, 3.63) is 24.3 Å². The van der Waals surface area contributed by atoms with E-state index in [2.05, 4.69) is 10.1 Å². The van der Waals surface area contributed by atoms with Crippen LogP contribution in [0.4, 0.5) is 32.0 Å². The summed E-state index contributed by atoms with van der Waals surface area (Å²) in [7, 11) is 0. The first-order valence-corrected chi connectivity index (χ1v) is 5.33. The van der Waals surface area contributed by atoms with Gasteiger partial charge in [-0.25, -0.2) is 0 Å². The van der Waals surface area contributed by atoms with E-state index in [1.165, 1.54) is 18.2 Å². The van der Waals surface area contributed by atoms with E-state index < -0.39 is 24.7 Å². The molecule has 0 radical (unpaired) electrons. The Morgan fingerprint density at radius 2 is 1.63 bits per heavy atom. The Bertz CT molecular complexity index is 401. The summed E-state index contributed by atoms with van der Waals surface area (Å²) in [5.41, 5.74) is 0.00185. The summed E-state index contributed by atoms with van der Waals surface area (Å²) < 4.78 is 75.6. The highest BCUT2D eigenvalue weighted by molar-refractivity contribution is 5.56. The van der Waals surface area contributed by atoms with Crippen molar-refractivity contribution in [1.29, 1.82) is 0 Å². The standard InChI is InChI=1S/C11H11F6NO/c12-10(13,14)6-3-7-18-8-4-1-2-5-9(8)19-11(15,16)17/h1-2,4-5,18H,3,6-7H2. The number of anilines is 1. The number of benzene rings is 1. The van der Waals surface area contributed by atoms with Crippen LogP contribution in [0.5, 0.6) is 5.75 Å². The van der Waals surface area contributed by atoms with Crippen LogP contribution in [0.1, 0.15) is 12.8 Å². The van der Waals surface area contributed by atoms with Crippen molar-refractivity contribution in [2.75, 3.05) is 11.9 Å². The smallest absolute Gasteiger partial charge is 0.404 e. The van der Waals surface area contributed by atoms with Gasteiger partial charge in [-0.2, -0.15) is 13.2 Å². The summed E-state index contributed by atoms with van der Waals surface area (Å²) in [6.45, 7) is -0.0995. The molecule has 0 aliphatic carbocycles. The molecule has 0 heterocycles. The van der Waals surface area contributed by atoms with Crippen molar-refractivity contribution < 1.29 is 31.1 Å². The molecule has 0 saturated carbocycles. The Labute approximate surface area is 105 Å². The zero-order valence-electron chi connectivity index (χ0n) is 9.61. The average molecular weight is 287 g/mol. The molecule has 19 heavy (non-hydrogen) atoms. The second-order valence-electron chi connectivity index (χ2n) is 3.69. The number of rotatable bonds is 5. The van der Waals surface area contributed by atoms with Crippen LogP contribution in [-0.4, -0.2) is 19.1 Å². The first-order valence-electron chi connectivity index (χ1n) is 5.33. The molecule has 0 saturated heterocycles. The summed E-state index contributed by atoms with van der Waals surface area (Å²) in [5.74, 6) is -0.470. The summed E-state index contributed by atoms with van der Waals surface area (Å²) in [6, 6.07) is 5.17. The lowest BCUT2D eigenvalue weighted by Crippen LogP contribution is -2.18. The highest BCUT2D eigenvalue weighted by atomic mass is 19.4. The highest BCUT2D eigenvalue weighted by Crippen LogP contribution is 2.30. The van der Waals surface area contributed by atoms with Gasteiger partial charge in [0.2, 0.25) is 0 Å². The minimum atomic E-state index is -4.84. The van der Waals surface area contributed by atoms with Gasteiger partial charge in [0.1, 0.15) is 0 Å². The quantitative estimate of drug-likeness (QED) is 0.642. The van der Waals surface area contributed by atoms with E-state index in [0.29, 0.717) is 0 Å². The Morgan fingerprint density at radius 3 is 2.21 bits per heavy atom. The van der Waals surface area contributed by atoms with Gasteiger partial charge in [-0.05, 0) is 18.6 Å². The van der Waals surface area contributed by atoms with Crippen LogP contribution in [0.15, 0.2) is 24.3 Å². The topological polar surface area (TPSA) is 21.3 Å². The van der Waals surface area contributed by atoms with Crippen LogP contribution in [0.3, 0.4) is 0 Å². The average Bonchev–Trinajstić information content (AvgIpc) is 2.23. The molecule has 0 aliphatic heterocycles. The van der Waals surface area contributed by atoms with Crippen LogP contribution in [0.25, 0.3) is 0 Å². The van der Waals surface area contributed by atoms with Gasteiger partial charge in [0, 0.05) is 13.0 Å². The van der Waals surface area contributed by atoms with Gasteiger partial charge in [-0.3, -0.25) is 0 Å². The first-order chi connectivity index (χ1) is 8.67. The number of halogens is 6. The van der Waals surface area contributed by atoms with Crippen molar-refractivity contribution in [1.82, 2.24) is 0 Å². The third-order valence-electron chi connectivity index (χ3n) is 2.07. The van der Waals surface area contributed by atoms with Crippen LogP contribution in [0.2, 0.25) is 0 Å². The lowest BCUT2D eigenvalue weighted by molar-refractivity contribution is -0.274. The van der Waals surface area contributed by atoms with E-state index in [4.69, 9.17) is 0 Å². The van der Waals surface area contributed by atoms with E-state index >= 15 is 0 Å². The van der Waals surface area contributed by atoms with Gasteiger partial charge in [0.25, 0.3) is 0 Å². The fourth-order valence-corrected chi connectivity index (χ4v) is 1.34. The maximum Gasteiger partial charge on any atom is 0.573 e. The number of para-hydroxylation sites is 2. The van der Waals surface area contributed by atoms with Crippen LogP contribution in [0, 0.1) is 0 Å². The van der Waals surface area contributed by atoms with E-state index in [1.54, 1.807) is 0 Å². The molecular formula is C11H11F6NO. The fraction of sp³-hybridized carbons (Fsp3) is 0.455. The molecule has 0 aliphatic rings. The number of ether oxygens (including phenoxy) is 1. The lowest BCUT2D eigenvalue weighted by atomic mass is 10.2. The minimum Gasteiger partial charge on any atom is -0.404 e. The maximum atomic E-state index is 12.1. The van der Waals surface area contributed by atoms with Crippen LogP contribution < -0.4 is 10.1 Å². The lowest BCUT2D eigenvalue weighted by Gasteiger charge is -2.14. The molecule has 1 N–H and O–H groups in total. The van der Waals surface area contributed by atoms with Gasteiger partial charge < -0.3 is 10.1 Å². The van der Waals surface area contributed by atoms with Crippen LogP contribution in [-0.2, 0) is 0 Å². The minimum absolute atomic E-state index is 0.00185. The zero-order valence-corrected chi connectivity index (χ0v) is 9.61. The molecule has 0 amide bonds. The van der Waals surface area contributed by atoms with Crippen molar-refractivity contribution in [3.63, 3.8) is 0 Å². The van der Waals surface area contributed by atoms with Crippen molar-refractivity contribution in [2.24, 2.45) is 0 Å². The molecule has 0 fully saturated rings. The van der Waals surface area contributed by atoms with Crippen molar-refractivity contribution in [3.8, 4) is 5.75 Å². The molecule has 1 aromatic rings. The van der Waals surface area contributed by atoms with Gasteiger partial charge in [0.15, 0.2) is 5.75 Å². The first kappa shape index (κ1) is 15.5. The number of nitrogens with one attached hydrogen (secondary N) is 1. The Morgan fingerprint density at radius 1 is 1.00 bits per heavy atom. The Balaban J connectivity index is 2.54. The molecule has 0 atom stereocenters.